The SMILES string of the molecule is C#Cc1cccc(NC(=O)CN(C)C(=O)c2csc3c2CCCC3)c1. The first-order chi connectivity index (χ1) is 12.1. The monoisotopic (exact) mass is 352 g/mol. The molecule has 1 aliphatic rings. The molecule has 1 aromatic carbocycles. The molecule has 0 spiro atoms. The highest BCUT2D eigenvalue weighted by Gasteiger charge is 2.23. The van der Waals surface area contributed by atoms with Gasteiger partial charge in [0.2, 0.25) is 5.91 Å². The summed E-state index contributed by atoms with van der Waals surface area (Å²) in [5.41, 5.74) is 3.26. The quantitative estimate of drug-likeness (QED) is 0.858. The predicted molar refractivity (Wildman–Crippen MR) is 101 cm³/mol. The number of benzene rings is 1. The van der Waals surface area contributed by atoms with Crippen LogP contribution in [0.15, 0.2) is 29.6 Å². The predicted octanol–water partition coefficient (Wildman–Crippen LogP) is 3.32. The van der Waals surface area contributed by atoms with E-state index >= 15 is 0 Å². The molecule has 0 saturated heterocycles. The van der Waals surface area contributed by atoms with Crippen LogP contribution in [-0.4, -0.2) is 30.3 Å². The largest absolute Gasteiger partial charge is 0.332 e. The second-order valence-electron chi connectivity index (χ2n) is 6.19. The molecule has 1 aliphatic carbocycles. The lowest BCUT2D eigenvalue weighted by molar-refractivity contribution is -0.116. The van der Waals surface area contributed by atoms with Crippen molar-refractivity contribution in [3.05, 3.63) is 51.2 Å². The van der Waals surface area contributed by atoms with Crippen molar-refractivity contribution < 1.29 is 9.59 Å². The number of carbonyl (C=O) groups is 2. The highest BCUT2D eigenvalue weighted by atomic mass is 32.1. The molecule has 0 unspecified atom stereocenters. The lowest BCUT2D eigenvalue weighted by Crippen LogP contribution is -2.35. The van der Waals surface area contributed by atoms with Crippen molar-refractivity contribution >= 4 is 28.8 Å². The molecule has 128 valence electrons. The summed E-state index contributed by atoms with van der Waals surface area (Å²) in [5, 5.41) is 4.72. The molecule has 0 saturated carbocycles. The van der Waals surface area contributed by atoms with Crippen molar-refractivity contribution in [1.29, 1.82) is 0 Å². The van der Waals surface area contributed by atoms with Gasteiger partial charge in [-0.1, -0.05) is 12.0 Å². The van der Waals surface area contributed by atoms with E-state index in [2.05, 4.69) is 11.2 Å². The van der Waals surface area contributed by atoms with Crippen LogP contribution in [0.3, 0.4) is 0 Å². The van der Waals surface area contributed by atoms with Gasteiger partial charge in [0.1, 0.15) is 0 Å². The van der Waals surface area contributed by atoms with Gasteiger partial charge < -0.3 is 10.2 Å². The molecule has 1 heterocycles. The summed E-state index contributed by atoms with van der Waals surface area (Å²) >= 11 is 1.66. The van der Waals surface area contributed by atoms with E-state index in [9.17, 15) is 9.59 Å². The zero-order valence-electron chi connectivity index (χ0n) is 14.2. The summed E-state index contributed by atoms with van der Waals surface area (Å²) in [7, 11) is 1.66. The van der Waals surface area contributed by atoms with Crippen LogP contribution in [0.1, 0.15) is 39.2 Å². The fourth-order valence-electron chi connectivity index (χ4n) is 3.05. The third-order valence-corrected chi connectivity index (χ3v) is 5.42. The molecule has 5 heteroatoms. The van der Waals surface area contributed by atoms with Crippen LogP contribution in [0.4, 0.5) is 5.69 Å². The van der Waals surface area contributed by atoms with Crippen molar-refractivity contribution in [3.8, 4) is 12.3 Å². The van der Waals surface area contributed by atoms with Crippen molar-refractivity contribution in [3.63, 3.8) is 0 Å². The third kappa shape index (κ3) is 3.92. The molecule has 0 aliphatic heterocycles. The number of nitrogens with one attached hydrogen (secondary N) is 1. The van der Waals surface area contributed by atoms with Gasteiger partial charge in [0, 0.05) is 28.6 Å². The Balaban J connectivity index is 1.64. The Labute approximate surface area is 151 Å². The topological polar surface area (TPSA) is 49.4 Å². The number of nitrogens with zero attached hydrogens (tertiary/aromatic N) is 1. The van der Waals surface area contributed by atoms with Crippen LogP contribution in [0.2, 0.25) is 0 Å². The number of terminal acetylenes is 1. The van der Waals surface area contributed by atoms with Crippen molar-refractivity contribution in [2.45, 2.75) is 25.7 Å². The summed E-state index contributed by atoms with van der Waals surface area (Å²) in [4.78, 5) is 27.7. The molecular weight excluding hydrogens is 332 g/mol. The summed E-state index contributed by atoms with van der Waals surface area (Å²) in [6.45, 7) is 0.00370. The summed E-state index contributed by atoms with van der Waals surface area (Å²) < 4.78 is 0. The first-order valence-electron chi connectivity index (χ1n) is 8.29. The number of rotatable bonds is 4. The van der Waals surface area contributed by atoms with E-state index in [0.29, 0.717) is 11.3 Å². The molecular formula is C20H20N2O2S. The van der Waals surface area contributed by atoms with Gasteiger partial charge in [0.25, 0.3) is 5.91 Å². The van der Waals surface area contributed by atoms with E-state index in [1.807, 2.05) is 5.38 Å². The molecule has 2 aromatic rings. The minimum absolute atomic E-state index is 0.00370. The normalized spacial score (nSPS) is 12.8. The average molecular weight is 352 g/mol. The van der Waals surface area contributed by atoms with E-state index in [1.165, 1.54) is 21.8 Å². The zero-order chi connectivity index (χ0) is 17.8. The summed E-state index contributed by atoms with van der Waals surface area (Å²) in [6.07, 6.45) is 9.70. The second kappa shape index (κ2) is 7.54. The van der Waals surface area contributed by atoms with Crippen molar-refractivity contribution in [1.82, 2.24) is 4.90 Å². The maximum Gasteiger partial charge on any atom is 0.255 e. The Morgan fingerprint density at radius 3 is 2.92 bits per heavy atom. The maximum atomic E-state index is 12.7. The van der Waals surface area contributed by atoms with E-state index < -0.39 is 0 Å². The van der Waals surface area contributed by atoms with Crippen LogP contribution >= 0.6 is 11.3 Å². The first-order valence-corrected chi connectivity index (χ1v) is 9.17. The smallest absolute Gasteiger partial charge is 0.255 e. The Bertz CT molecular complexity index is 848. The van der Waals surface area contributed by atoms with Crippen LogP contribution in [0.5, 0.6) is 0 Å². The summed E-state index contributed by atoms with van der Waals surface area (Å²) in [5.74, 6) is 2.20. The Hall–Kier alpha value is -2.58. The number of fused-ring (bicyclic) bond motifs is 1. The van der Waals surface area contributed by atoms with Crippen LogP contribution in [0.25, 0.3) is 0 Å². The van der Waals surface area contributed by atoms with E-state index in [4.69, 9.17) is 6.42 Å². The van der Waals surface area contributed by atoms with Crippen LogP contribution in [0, 0.1) is 12.3 Å². The maximum absolute atomic E-state index is 12.7. The number of thiophene rings is 1. The molecule has 3 rings (SSSR count). The first kappa shape index (κ1) is 17.2. The van der Waals surface area contributed by atoms with Gasteiger partial charge in [-0.05, 0) is 49.4 Å². The van der Waals surface area contributed by atoms with Gasteiger partial charge in [-0.25, -0.2) is 0 Å². The van der Waals surface area contributed by atoms with Gasteiger partial charge in [-0.2, -0.15) is 0 Å². The molecule has 0 fully saturated rings. The molecule has 1 aromatic heterocycles. The Morgan fingerprint density at radius 2 is 2.12 bits per heavy atom. The molecule has 2 amide bonds. The van der Waals surface area contributed by atoms with Crippen molar-refractivity contribution in [2.75, 3.05) is 18.9 Å². The molecule has 4 nitrogen and oxygen atoms in total. The number of hydrogen-bond acceptors (Lipinski definition) is 3. The number of amides is 2. The molecule has 1 N–H and O–H groups in total. The van der Waals surface area contributed by atoms with Gasteiger partial charge in [0.05, 0.1) is 12.1 Å². The minimum atomic E-state index is -0.242. The van der Waals surface area contributed by atoms with Gasteiger partial charge >= 0.3 is 0 Å². The lowest BCUT2D eigenvalue weighted by atomic mass is 9.95. The van der Waals surface area contributed by atoms with E-state index in [-0.39, 0.29) is 18.4 Å². The number of likely N-dealkylation sites (N-methyl/N-ethyl adjacent to an activating group) is 1. The molecule has 25 heavy (non-hydrogen) atoms. The fourth-order valence-corrected chi connectivity index (χ4v) is 4.17. The molecule has 0 bridgehead atoms. The minimum Gasteiger partial charge on any atom is -0.332 e. The number of aryl methyl sites for hydroxylation is 1. The van der Waals surface area contributed by atoms with Crippen LogP contribution in [-0.2, 0) is 17.6 Å². The number of hydrogen-bond donors (Lipinski definition) is 1. The number of anilines is 1. The van der Waals surface area contributed by atoms with Crippen molar-refractivity contribution in [2.24, 2.45) is 0 Å². The van der Waals surface area contributed by atoms with E-state index in [0.717, 1.165) is 24.8 Å². The average Bonchev–Trinajstić information content (AvgIpc) is 3.05. The van der Waals surface area contributed by atoms with Gasteiger partial charge in [-0.3, -0.25) is 9.59 Å². The molecule has 0 radical (unpaired) electrons. The fraction of sp³-hybridized carbons (Fsp3) is 0.300. The molecule has 0 atom stereocenters. The highest BCUT2D eigenvalue weighted by Crippen LogP contribution is 2.30. The third-order valence-electron chi connectivity index (χ3n) is 4.33. The standard InChI is InChI=1S/C20H20N2O2S/c1-3-14-7-6-8-15(11-14)21-19(23)12-22(2)20(24)17-13-25-18-10-5-4-9-16(17)18/h1,6-8,11,13H,4-5,9-10,12H2,2H3,(H,21,23). The Morgan fingerprint density at radius 1 is 1.32 bits per heavy atom. The van der Waals surface area contributed by atoms with E-state index in [1.54, 1.807) is 42.6 Å². The Kier molecular flexibility index (Phi) is 5.20. The van der Waals surface area contributed by atoms with Gasteiger partial charge in [0.15, 0.2) is 0 Å². The lowest BCUT2D eigenvalue weighted by Gasteiger charge is -2.19. The summed E-state index contributed by atoms with van der Waals surface area (Å²) in [6, 6.07) is 7.09. The van der Waals surface area contributed by atoms with Crippen LogP contribution < -0.4 is 5.32 Å². The highest BCUT2D eigenvalue weighted by molar-refractivity contribution is 7.10. The van der Waals surface area contributed by atoms with Gasteiger partial charge in [-0.15, -0.1) is 17.8 Å². The zero-order valence-corrected chi connectivity index (χ0v) is 15.0. The number of carbonyl (C=O) groups excluding carboxylic acids is 2. The second-order valence-corrected chi connectivity index (χ2v) is 7.16.